The van der Waals surface area contributed by atoms with Gasteiger partial charge in [-0.05, 0) is 29.8 Å². The van der Waals surface area contributed by atoms with Crippen molar-refractivity contribution >= 4 is 17.7 Å². The second-order valence-corrected chi connectivity index (χ2v) is 8.71. The molecule has 1 N–H and O–H groups in total. The van der Waals surface area contributed by atoms with Crippen molar-refractivity contribution < 1.29 is 28.3 Å². The molecule has 9 heteroatoms. The highest BCUT2D eigenvalue weighted by Gasteiger charge is 2.35. The Hall–Kier alpha value is -4.27. The van der Waals surface area contributed by atoms with E-state index in [2.05, 4.69) is 5.32 Å². The van der Waals surface area contributed by atoms with E-state index in [1.165, 1.54) is 6.26 Å². The molecule has 0 radical (unpaired) electrons. The molecule has 2 aliphatic heterocycles. The maximum Gasteiger partial charge on any atom is 0.287 e. The molecule has 0 bridgehead atoms. The van der Waals surface area contributed by atoms with E-state index >= 15 is 0 Å². The van der Waals surface area contributed by atoms with E-state index in [9.17, 15) is 14.4 Å². The SMILES string of the molecule is O=C(N[C@H](Cc1ccccc1)C(=O)N1CCN(C(=O)[C@@H]2COc3ccccc3O2)CC1)c1ccco1. The van der Waals surface area contributed by atoms with Crippen molar-refractivity contribution in [2.24, 2.45) is 0 Å². The fourth-order valence-corrected chi connectivity index (χ4v) is 4.40. The first-order chi connectivity index (χ1) is 17.6. The van der Waals surface area contributed by atoms with Crippen LogP contribution in [0.1, 0.15) is 16.1 Å². The fraction of sp³-hybridized carbons (Fsp3) is 0.296. The van der Waals surface area contributed by atoms with Crippen molar-refractivity contribution in [2.45, 2.75) is 18.6 Å². The second kappa shape index (κ2) is 10.6. The van der Waals surface area contributed by atoms with E-state index < -0.39 is 18.1 Å². The number of hydrogen-bond acceptors (Lipinski definition) is 6. The highest BCUT2D eigenvalue weighted by Crippen LogP contribution is 2.31. The predicted octanol–water partition coefficient (Wildman–Crippen LogP) is 2.13. The number of hydrogen-bond donors (Lipinski definition) is 1. The molecule has 1 fully saturated rings. The van der Waals surface area contributed by atoms with E-state index in [4.69, 9.17) is 13.9 Å². The van der Waals surface area contributed by atoms with Gasteiger partial charge in [-0.25, -0.2) is 0 Å². The van der Waals surface area contributed by atoms with Crippen molar-refractivity contribution in [2.75, 3.05) is 32.8 Å². The summed E-state index contributed by atoms with van der Waals surface area (Å²) in [5.74, 6) is 0.510. The van der Waals surface area contributed by atoms with Crippen molar-refractivity contribution in [3.05, 3.63) is 84.3 Å². The van der Waals surface area contributed by atoms with Crippen LogP contribution < -0.4 is 14.8 Å². The van der Waals surface area contributed by atoms with E-state index in [0.29, 0.717) is 44.1 Å². The van der Waals surface area contributed by atoms with Crippen LogP contribution in [0.5, 0.6) is 11.5 Å². The highest BCUT2D eigenvalue weighted by atomic mass is 16.6. The molecule has 0 spiro atoms. The number of carbonyl (C=O) groups is 3. The molecule has 186 valence electrons. The Bertz CT molecular complexity index is 1210. The first-order valence-electron chi connectivity index (χ1n) is 11.9. The van der Waals surface area contributed by atoms with Crippen molar-refractivity contribution in [3.8, 4) is 11.5 Å². The number of nitrogens with one attached hydrogen (secondary N) is 1. The quantitative estimate of drug-likeness (QED) is 0.569. The van der Waals surface area contributed by atoms with Crippen LogP contribution in [0.25, 0.3) is 0 Å². The lowest BCUT2D eigenvalue weighted by molar-refractivity contribution is -0.146. The summed E-state index contributed by atoms with van der Waals surface area (Å²) in [7, 11) is 0. The Kier molecular flexibility index (Phi) is 6.88. The monoisotopic (exact) mass is 489 g/mol. The van der Waals surface area contributed by atoms with Crippen LogP contribution in [0.3, 0.4) is 0 Å². The molecule has 1 saturated heterocycles. The Balaban J connectivity index is 1.21. The molecule has 0 unspecified atom stereocenters. The number of benzene rings is 2. The van der Waals surface area contributed by atoms with E-state index in [0.717, 1.165) is 5.56 Å². The van der Waals surface area contributed by atoms with E-state index in [1.54, 1.807) is 34.1 Å². The normalized spacial score (nSPS) is 17.8. The standard InChI is InChI=1S/C27H27N3O6/c31-25(23-11-6-16-34-23)28-20(17-19-7-2-1-3-8-19)26(32)29-12-14-30(15-13-29)27(33)24-18-35-21-9-4-5-10-22(21)36-24/h1-11,16,20,24H,12-15,17-18H2,(H,28,31)/t20-,24+/m1/s1. The summed E-state index contributed by atoms with van der Waals surface area (Å²) in [6.07, 6.45) is 1.04. The molecule has 2 aromatic carbocycles. The number of piperazine rings is 1. The minimum Gasteiger partial charge on any atom is -0.485 e. The Morgan fingerprint density at radius 3 is 2.28 bits per heavy atom. The number of rotatable bonds is 6. The minimum absolute atomic E-state index is 0.146. The minimum atomic E-state index is -0.765. The van der Waals surface area contributed by atoms with Gasteiger partial charge in [0.2, 0.25) is 12.0 Å². The number of furan rings is 1. The van der Waals surface area contributed by atoms with Gasteiger partial charge in [0.15, 0.2) is 17.3 Å². The number of amides is 3. The van der Waals surface area contributed by atoms with E-state index in [-0.39, 0.29) is 24.2 Å². The molecule has 1 aromatic heterocycles. The van der Waals surface area contributed by atoms with E-state index in [1.807, 2.05) is 42.5 Å². The highest BCUT2D eigenvalue weighted by molar-refractivity contribution is 5.95. The predicted molar refractivity (Wildman–Crippen MR) is 130 cm³/mol. The van der Waals surface area contributed by atoms with Gasteiger partial charge in [0.05, 0.1) is 6.26 Å². The van der Waals surface area contributed by atoms with Gasteiger partial charge in [0.25, 0.3) is 11.8 Å². The molecule has 3 heterocycles. The third-order valence-corrected chi connectivity index (χ3v) is 6.32. The number of fused-ring (bicyclic) bond motifs is 1. The summed E-state index contributed by atoms with van der Waals surface area (Å²) >= 11 is 0. The largest absolute Gasteiger partial charge is 0.485 e. The molecular weight excluding hydrogens is 462 g/mol. The Labute approximate surface area is 208 Å². The van der Waals surface area contributed by atoms with Crippen LogP contribution in [-0.4, -0.2) is 72.5 Å². The van der Waals surface area contributed by atoms with Crippen LogP contribution in [0, 0.1) is 0 Å². The zero-order chi connectivity index (χ0) is 24.9. The van der Waals surface area contributed by atoms with Gasteiger partial charge in [-0.15, -0.1) is 0 Å². The van der Waals surface area contributed by atoms with Crippen molar-refractivity contribution in [1.29, 1.82) is 0 Å². The number of ether oxygens (including phenoxy) is 2. The Morgan fingerprint density at radius 2 is 1.56 bits per heavy atom. The molecule has 36 heavy (non-hydrogen) atoms. The van der Waals surface area contributed by atoms with Gasteiger partial charge in [0.1, 0.15) is 12.6 Å². The molecular formula is C27H27N3O6. The lowest BCUT2D eigenvalue weighted by Gasteiger charge is -2.38. The van der Waals surface area contributed by atoms with Gasteiger partial charge < -0.3 is 29.0 Å². The first-order valence-corrected chi connectivity index (χ1v) is 11.9. The molecule has 3 amide bonds. The van der Waals surface area contributed by atoms with Gasteiger partial charge in [-0.2, -0.15) is 0 Å². The first kappa shape index (κ1) is 23.5. The summed E-state index contributed by atoms with van der Waals surface area (Å²) in [6.45, 7) is 1.60. The molecule has 0 saturated carbocycles. The summed E-state index contributed by atoms with van der Waals surface area (Å²) in [5.41, 5.74) is 0.930. The van der Waals surface area contributed by atoms with Crippen LogP contribution >= 0.6 is 0 Å². The molecule has 3 aromatic rings. The van der Waals surface area contributed by atoms with Gasteiger partial charge in [0, 0.05) is 32.6 Å². The summed E-state index contributed by atoms with van der Waals surface area (Å²) < 4.78 is 16.7. The van der Waals surface area contributed by atoms with Gasteiger partial charge in [-0.1, -0.05) is 42.5 Å². The lowest BCUT2D eigenvalue weighted by atomic mass is 10.0. The van der Waals surface area contributed by atoms with Crippen LogP contribution in [0.2, 0.25) is 0 Å². The van der Waals surface area contributed by atoms with Crippen LogP contribution in [0.4, 0.5) is 0 Å². The zero-order valence-corrected chi connectivity index (χ0v) is 19.7. The molecule has 2 atom stereocenters. The third kappa shape index (κ3) is 5.19. The van der Waals surface area contributed by atoms with Gasteiger partial charge >= 0.3 is 0 Å². The zero-order valence-electron chi connectivity index (χ0n) is 19.7. The summed E-state index contributed by atoms with van der Waals surface area (Å²) in [5, 5.41) is 2.82. The average molecular weight is 490 g/mol. The van der Waals surface area contributed by atoms with Crippen molar-refractivity contribution in [1.82, 2.24) is 15.1 Å². The summed E-state index contributed by atoms with van der Waals surface area (Å²) in [4.78, 5) is 42.5. The van der Waals surface area contributed by atoms with Crippen LogP contribution in [-0.2, 0) is 16.0 Å². The maximum atomic E-state index is 13.5. The average Bonchev–Trinajstić information content (AvgIpc) is 3.48. The third-order valence-electron chi connectivity index (χ3n) is 6.32. The van der Waals surface area contributed by atoms with Crippen molar-refractivity contribution in [3.63, 3.8) is 0 Å². The maximum absolute atomic E-state index is 13.5. The molecule has 2 aliphatic rings. The molecule has 5 rings (SSSR count). The molecule has 0 aliphatic carbocycles. The van der Waals surface area contributed by atoms with Crippen LogP contribution in [0.15, 0.2) is 77.4 Å². The second-order valence-electron chi connectivity index (χ2n) is 8.71. The number of nitrogens with zero attached hydrogens (tertiary/aromatic N) is 2. The number of para-hydroxylation sites is 2. The lowest BCUT2D eigenvalue weighted by Crippen LogP contribution is -2.58. The number of carbonyl (C=O) groups excluding carboxylic acids is 3. The smallest absolute Gasteiger partial charge is 0.287 e. The Morgan fingerprint density at radius 1 is 0.861 bits per heavy atom. The fourth-order valence-electron chi connectivity index (χ4n) is 4.40. The van der Waals surface area contributed by atoms with Gasteiger partial charge in [-0.3, -0.25) is 14.4 Å². The molecule has 9 nitrogen and oxygen atoms in total. The topological polar surface area (TPSA) is 101 Å². The summed E-state index contributed by atoms with van der Waals surface area (Å²) in [6, 6.07) is 19.2.